The van der Waals surface area contributed by atoms with E-state index in [2.05, 4.69) is 26.0 Å². The number of rotatable bonds is 7. The molecule has 2 aromatic carbocycles. The van der Waals surface area contributed by atoms with E-state index in [1.165, 1.54) is 19.2 Å². The standard InChI is InChI=1S/C17H19BrN2O4S/c1-3-10-19-17(21)13-6-4-5-7-15(13)20-25(22,23)12-8-9-16(24-2)14(18)11-12/h4-9,11,20H,3,10H2,1-2H3,(H,19,21). The number of halogens is 1. The third kappa shape index (κ3) is 4.73. The van der Waals surface area contributed by atoms with Gasteiger partial charge in [-0.1, -0.05) is 19.1 Å². The average Bonchev–Trinajstić information content (AvgIpc) is 2.59. The van der Waals surface area contributed by atoms with Crippen LogP contribution in [0.3, 0.4) is 0 Å². The van der Waals surface area contributed by atoms with Crippen molar-refractivity contribution in [2.24, 2.45) is 0 Å². The lowest BCUT2D eigenvalue weighted by Gasteiger charge is -2.13. The number of methoxy groups -OCH3 is 1. The number of ether oxygens (including phenoxy) is 1. The molecular formula is C17H19BrN2O4S. The minimum atomic E-state index is -3.85. The second-order valence-corrected chi connectivity index (χ2v) is 7.74. The molecule has 0 aliphatic carbocycles. The normalized spacial score (nSPS) is 11.0. The van der Waals surface area contributed by atoms with E-state index >= 15 is 0 Å². The van der Waals surface area contributed by atoms with Crippen LogP contribution in [0.1, 0.15) is 23.7 Å². The first-order valence-electron chi connectivity index (χ1n) is 7.62. The number of carbonyl (C=O) groups excluding carboxylic acids is 1. The van der Waals surface area contributed by atoms with Crippen molar-refractivity contribution >= 4 is 37.5 Å². The van der Waals surface area contributed by atoms with Crippen LogP contribution in [0.5, 0.6) is 5.75 Å². The second kappa shape index (κ2) is 8.35. The molecule has 0 saturated carbocycles. The largest absolute Gasteiger partial charge is 0.496 e. The third-order valence-corrected chi connectivity index (χ3v) is 5.37. The molecule has 2 aromatic rings. The number of nitrogens with one attached hydrogen (secondary N) is 2. The molecule has 0 aliphatic heterocycles. The van der Waals surface area contributed by atoms with Crippen molar-refractivity contribution in [1.82, 2.24) is 5.32 Å². The summed E-state index contributed by atoms with van der Waals surface area (Å²) in [6, 6.07) is 10.9. The molecule has 25 heavy (non-hydrogen) atoms. The molecule has 1 amide bonds. The highest BCUT2D eigenvalue weighted by Crippen LogP contribution is 2.28. The van der Waals surface area contributed by atoms with Crippen molar-refractivity contribution in [2.75, 3.05) is 18.4 Å². The van der Waals surface area contributed by atoms with Crippen molar-refractivity contribution in [2.45, 2.75) is 18.2 Å². The Bertz CT molecular complexity index is 869. The Labute approximate surface area is 155 Å². The lowest BCUT2D eigenvalue weighted by Crippen LogP contribution is -2.25. The zero-order chi connectivity index (χ0) is 18.4. The van der Waals surface area contributed by atoms with Gasteiger partial charge >= 0.3 is 0 Å². The van der Waals surface area contributed by atoms with Gasteiger partial charge in [-0.25, -0.2) is 8.42 Å². The van der Waals surface area contributed by atoms with Gasteiger partial charge in [-0.15, -0.1) is 0 Å². The molecule has 0 aromatic heterocycles. The Morgan fingerprint density at radius 3 is 2.56 bits per heavy atom. The number of para-hydroxylation sites is 1. The van der Waals surface area contributed by atoms with Crippen LogP contribution in [0.4, 0.5) is 5.69 Å². The quantitative estimate of drug-likeness (QED) is 0.710. The Kier molecular flexibility index (Phi) is 6.44. The fourth-order valence-electron chi connectivity index (χ4n) is 2.12. The predicted molar refractivity (Wildman–Crippen MR) is 101 cm³/mol. The molecular weight excluding hydrogens is 408 g/mol. The van der Waals surface area contributed by atoms with Gasteiger partial charge in [0, 0.05) is 6.54 Å². The summed E-state index contributed by atoms with van der Waals surface area (Å²) in [5, 5.41) is 2.74. The van der Waals surface area contributed by atoms with Gasteiger partial charge < -0.3 is 10.1 Å². The predicted octanol–water partition coefficient (Wildman–Crippen LogP) is 3.40. The summed E-state index contributed by atoms with van der Waals surface area (Å²) in [4.78, 5) is 12.3. The summed E-state index contributed by atoms with van der Waals surface area (Å²) in [6.45, 7) is 2.46. The first kappa shape index (κ1) is 19.3. The summed E-state index contributed by atoms with van der Waals surface area (Å²) in [6.07, 6.45) is 0.791. The van der Waals surface area contributed by atoms with Gasteiger partial charge in [0.1, 0.15) is 5.75 Å². The topological polar surface area (TPSA) is 84.5 Å². The molecule has 2 rings (SSSR count). The van der Waals surface area contributed by atoms with Crippen LogP contribution in [0.25, 0.3) is 0 Å². The fourth-order valence-corrected chi connectivity index (χ4v) is 3.92. The number of amides is 1. The molecule has 8 heteroatoms. The lowest BCUT2D eigenvalue weighted by molar-refractivity contribution is 0.0954. The van der Waals surface area contributed by atoms with Gasteiger partial charge in [-0.05, 0) is 52.7 Å². The maximum atomic E-state index is 12.6. The molecule has 0 atom stereocenters. The first-order valence-corrected chi connectivity index (χ1v) is 9.90. The van der Waals surface area contributed by atoms with Crippen molar-refractivity contribution < 1.29 is 17.9 Å². The number of benzene rings is 2. The number of hydrogen-bond donors (Lipinski definition) is 2. The summed E-state index contributed by atoms with van der Waals surface area (Å²) in [5.41, 5.74) is 0.496. The Hall–Kier alpha value is -2.06. The van der Waals surface area contributed by atoms with E-state index in [-0.39, 0.29) is 22.1 Å². The number of anilines is 1. The molecule has 0 heterocycles. The van der Waals surface area contributed by atoms with E-state index in [9.17, 15) is 13.2 Å². The van der Waals surface area contributed by atoms with Gasteiger partial charge in [0.2, 0.25) is 0 Å². The molecule has 0 fully saturated rings. The highest BCUT2D eigenvalue weighted by atomic mass is 79.9. The monoisotopic (exact) mass is 426 g/mol. The lowest BCUT2D eigenvalue weighted by atomic mass is 10.1. The van der Waals surface area contributed by atoms with Gasteiger partial charge in [0.15, 0.2) is 0 Å². The molecule has 2 N–H and O–H groups in total. The summed E-state index contributed by atoms with van der Waals surface area (Å²) in [5.74, 6) is 0.203. The van der Waals surface area contributed by atoms with Gasteiger partial charge in [0.05, 0.1) is 27.7 Å². The van der Waals surface area contributed by atoms with Gasteiger partial charge in [0.25, 0.3) is 15.9 Å². The molecule has 134 valence electrons. The van der Waals surface area contributed by atoms with E-state index in [1.807, 2.05) is 6.92 Å². The van der Waals surface area contributed by atoms with E-state index in [0.29, 0.717) is 16.8 Å². The average molecular weight is 427 g/mol. The Morgan fingerprint density at radius 2 is 1.92 bits per heavy atom. The summed E-state index contributed by atoms with van der Waals surface area (Å²) in [7, 11) is -2.36. The van der Waals surface area contributed by atoms with E-state index < -0.39 is 10.0 Å². The van der Waals surface area contributed by atoms with Crippen LogP contribution >= 0.6 is 15.9 Å². The minimum absolute atomic E-state index is 0.0592. The van der Waals surface area contributed by atoms with Crippen LogP contribution in [0.15, 0.2) is 51.8 Å². The highest BCUT2D eigenvalue weighted by Gasteiger charge is 2.19. The van der Waals surface area contributed by atoms with Gasteiger partial charge in [-0.2, -0.15) is 0 Å². The number of sulfonamides is 1. The Balaban J connectivity index is 2.32. The maximum absolute atomic E-state index is 12.6. The molecule has 0 spiro atoms. The van der Waals surface area contributed by atoms with Crippen LogP contribution in [-0.2, 0) is 10.0 Å². The van der Waals surface area contributed by atoms with Crippen molar-refractivity contribution in [1.29, 1.82) is 0 Å². The van der Waals surface area contributed by atoms with E-state index in [4.69, 9.17) is 4.74 Å². The molecule has 0 aliphatic rings. The zero-order valence-electron chi connectivity index (χ0n) is 13.9. The highest BCUT2D eigenvalue weighted by molar-refractivity contribution is 9.10. The number of hydrogen-bond acceptors (Lipinski definition) is 4. The maximum Gasteiger partial charge on any atom is 0.261 e. The number of carbonyl (C=O) groups is 1. The molecule has 0 radical (unpaired) electrons. The first-order chi connectivity index (χ1) is 11.9. The minimum Gasteiger partial charge on any atom is -0.496 e. The van der Waals surface area contributed by atoms with E-state index in [0.717, 1.165) is 6.42 Å². The SMILES string of the molecule is CCCNC(=O)c1ccccc1NS(=O)(=O)c1ccc(OC)c(Br)c1. The fraction of sp³-hybridized carbons (Fsp3) is 0.235. The molecule has 0 saturated heterocycles. The molecule has 0 bridgehead atoms. The van der Waals surface area contributed by atoms with Crippen LogP contribution in [-0.4, -0.2) is 28.0 Å². The molecule has 0 unspecified atom stereocenters. The van der Waals surface area contributed by atoms with Crippen LogP contribution in [0.2, 0.25) is 0 Å². The third-order valence-electron chi connectivity index (χ3n) is 3.39. The second-order valence-electron chi connectivity index (χ2n) is 5.20. The van der Waals surface area contributed by atoms with Gasteiger partial charge in [-0.3, -0.25) is 9.52 Å². The summed E-state index contributed by atoms with van der Waals surface area (Å²) < 4.78 is 33.4. The van der Waals surface area contributed by atoms with Crippen molar-refractivity contribution in [3.05, 3.63) is 52.5 Å². The molecule has 6 nitrogen and oxygen atoms in total. The van der Waals surface area contributed by atoms with Crippen LogP contribution < -0.4 is 14.8 Å². The van der Waals surface area contributed by atoms with E-state index in [1.54, 1.807) is 30.3 Å². The zero-order valence-corrected chi connectivity index (χ0v) is 16.3. The van der Waals surface area contributed by atoms with Crippen molar-refractivity contribution in [3.63, 3.8) is 0 Å². The smallest absolute Gasteiger partial charge is 0.261 e. The van der Waals surface area contributed by atoms with Crippen LogP contribution in [0, 0.1) is 0 Å². The Morgan fingerprint density at radius 1 is 1.20 bits per heavy atom. The summed E-state index contributed by atoms with van der Waals surface area (Å²) >= 11 is 3.27. The van der Waals surface area contributed by atoms with Crippen molar-refractivity contribution in [3.8, 4) is 5.75 Å².